The van der Waals surface area contributed by atoms with Crippen LogP contribution in [0.15, 0.2) is 42.9 Å². The molecule has 5 heteroatoms. The maximum atomic E-state index is 11.8. The summed E-state index contributed by atoms with van der Waals surface area (Å²) in [4.78, 5) is 19.6. The van der Waals surface area contributed by atoms with E-state index in [1.54, 1.807) is 19.2 Å². The van der Waals surface area contributed by atoms with Crippen molar-refractivity contribution in [1.29, 1.82) is 0 Å². The Morgan fingerprint density at radius 3 is 2.82 bits per heavy atom. The number of benzene rings is 1. The number of rotatable bonds is 3. The largest absolute Gasteiger partial charge is 0.495 e. The molecule has 86 valence electrons. The van der Waals surface area contributed by atoms with Crippen LogP contribution in [-0.4, -0.2) is 23.0 Å². The number of hydrogen-bond donors (Lipinski definition) is 1. The van der Waals surface area contributed by atoms with Crippen LogP contribution in [0.2, 0.25) is 0 Å². The van der Waals surface area contributed by atoms with Crippen molar-refractivity contribution in [3.05, 3.63) is 48.5 Å². The van der Waals surface area contributed by atoms with Gasteiger partial charge < -0.3 is 10.1 Å². The minimum absolute atomic E-state index is 0.262. The lowest BCUT2D eigenvalue weighted by Gasteiger charge is -2.08. The molecular weight excluding hydrogens is 218 g/mol. The smallest absolute Gasteiger partial charge is 0.275 e. The molecule has 0 saturated heterocycles. The number of para-hydroxylation sites is 2. The van der Waals surface area contributed by atoms with Crippen LogP contribution in [0.1, 0.15) is 10.5 Å². The first kappa shape index (κ1) is 11.1. The molecule has 17 heavy (non-hydrogen) atoms. The molecule has 0 aliphatic rings. The molecule has 1 aromatic heterocycles. The van der Waals surface area contributed by atoms with E-state index in [0.29, 0.717) is 11.4 Å². The van der Waals surface area contributed by atoms with Crippen LogP contribution in [0.3, 0.4) is 0 Å². The highest BCUT2D eigenvalue weighted by Crippen LogP contribution is 2.23. The van der Waals surface area contributed by atoms with Crippen molar-refractivity contribution in [2.24, 2.45) is 0 Å². The lowest BCUT2D eigenvalue weighted by atomic mass is 10.3. The summed E-state index contributed by atoms with van der Waals surface area (Å²) in [6.07, 6.45) is 4.39. The van der Waals surface area contributed by atoms with Gasteiger partial charge in [-0.05, 0) is 12.1 Å². The third kappa shape index (κ3) is 2.57. The van der Waals surface area contributed by atoms with Gasteiger partial charge in [0.1, 0.15) is 11.4 Å². The lowest BCUT2D eigenvalue weighted by Crippen LogP contribution is -2.14. The maximum Gasteiger partial charge on any atom is 0.275 e. The predicted octanol–water partition coefficient (Wildman–Crippen LogP) is 1.74. The Bertz CT molecular complexity index is 514. The van der Waals surface area contributed by atoms with Crippen LogP contribution in [0.25, 0.3) is 0 Å². The highest BCUT2D eigenvalue weighted by Gasteiger charge is 2.09. The average Bonchev–Trinajstić information content (AvgIpc) is 2.40. The van der Waals surface area contributed by atoms with E-state index >= 15 is 0 Å². The second kappa shape index (κ2) is 5.07. The molecule has 0 aliphatic heterocycles. The van der Waals surface area contributed by atoms with E-state index < -0.39 is 0 Å². The second-order valence-corrected chi connectivity index (χ2v) is 3.25. The minimum Gasteiger partial charge on any atom is -0.495 e. The fourth-order valence-corrected chi connectivity index (χ4v) is 1.35. The number of anilines is 1. The summed E-state index contributed by atoms with van der Waals surface area (Å²) >= 11 is 0. The molecular formula is C12H11N3O2. The van der Waals surface area contributed by atoms with Gasteiger partial charge in [-0.3, -0.25) is 9.78 Å². The number of methoxy groups -OCH3 is 1. The number of amides is 1. The van der Waals surface area contributed by atoms with Gasteiger partial charge in [-0.25, -0.2) is 4.98 Å². The quantitative estimate of drug-likeness (QED) is 0.870. The maximum absolute atomic E-state index is 11.8. The van der Waals surface area contributed by atoms with E-state index in [1.807, 2.05) is 12.1 Å². The van der Waals surface area contributed by atoms with Crippen molar-refractivity contribution < 1.29 is 9.53 Å². The topological polar surface area (TPSA) is 64.1 Å². The molecule has 0 atom stereocenters. The van der Waals surface area contributed by atoms with Crippen LogP contribution in [0.5, 0.6) is 5.75 Å². The van der Waals surface area contributed by atoms with Crippen molar-refractivity contribution >= 4 is 11.6 Å². The second-order valence-electron chi connectivity index (χ2n) is 3.25. The number of ether oxygens (including phenoxy) is 1. The number of aromatic nitrogens is 2. The van der Waals surface area contributed by atoms with Gasteiger partial charge in [0, 0.05) is 12.4 Å². The van der Waals surface area contributed by atoms with Gasteiger partial charge >= 0.3 is 0 Å². The van der Waals surface area contributed by atoms with Crippen molar-refractivity contribution in [3.8, 4) is 5.75 Å². The first-order valence-electron chi connectivity index (χ1n) is 5.01. The monoisotopic (exact) mass is 229 g/mol. The molecule has 0 radical (unpaired) electrons. The fraction of sp³-hybridized carbons (Fsp3) is 0.0833. The zero-order chi connectivity index (χ0) is 12.1. The molecule has 1 N–H and O–H groups in total. The number of nitrogens with zero attached hydrogens (tertiary/aromatic N) is 2. The summed E-state index contributed by atoms with van der Waals surface area (Å²) in [5, 5.41) is 2.71. The van der Waals surface area contributed by atoms with Gasteiger partial charge in [0.25, 0.3) is 5.91 Å². The molecule has 0 spiro atoms. The van der Waals surface area contributed by atoms with E-state index in [0.717, 1.165) is 0 Å². The first-order chi connectivity index (χ1) is 8.31. The molecule has 2 rings (SSSR count). The highest BCUT2D eigenvalue weighted by atomic mass is 16.5. The van der Waals surface area contributed by atoms with Gasteiger partial charge in [0.15, 0.2) is 0 Å². The van der Waals surface area contributed by atoms with Gasteiger partial charge in [-0.15, -0.1) is 0 Å². The van der Waals surface area contributed by atoms with Crippen LogP contribution in [0, 0.1) is 0 Å². The summed E-state index contributed by atoms with van der Waals surface area (Å²) in [5.74, 6) is 0.285. The molecule has 1 aromatic carbocycles. The SMILES string of the molecule is COc1ccccc1NC(=O)c1cnccn1. The Morgan fingerprint density at radius 2 is 2.12 bits per heavy atom. The zero-order valence-corrected chi connectivity index (χ0v) is 9.25. The first-order valence-corrected chi connectivity index (χ1v) is 5.01. The van der Waals surface area contributed by atoms with Crippen molar-refractivity contribution in [2.45, 2.75) is 0 Å². The number of carbonyl (C=O) groups is 1. The Balaban J connectivity index is 2.19. The highest BCUT2D eigenvalue weighted by molar-refractivity contribution is 6.03. The van der Waals surface area contributed by atoms with E-state index in [4.69, 9.17) is 4.74 Å². The fourth-order valence-electron chi connectivity index (χ4n) is 1.35. The van der Waals surface area contributed by atoms with Crippen LogP contribution < -0.4 is 10.1 Å². The molecule has 5 nitrogen and oxygen atoms in total. The Labute approximate surface area is 98.5 Å². The molecule has 1 amide bonds. The molecule has 0 fully saturated rings. The minimum atomic E-state index is -0.317. The van der Waals surface area contributed by atoms with Crippen LogP contribution >= 0.6 is 0 Å². The van der Waals surface area contributed by atoms with E-state index in [1.165, 1.54) is 18.6 Å². The molecule has 0 aliphatic carbocycles. The van der Waals surface area contributed by atoms with Gasteiger partial charge in [0.2, 0.25) is 0 Å². The normalized spacial score (nSPS) is 9.71. The van der Waals surface area contributed by atoms with Gasteiger partial charge in [0.05, 0.1) is 19.0 Å². The van der Waals surface area contributed by atoms with Gasteiger partial charge in [-0.1, -0.05) is 12.1 Å². The third-order valence-electron chi connectivity index (χ3n) is 2.15. The Morgan fingerprint density at radius 1 is 1.29 bits per heavy atom. The summed E-state index contributed by atoms with van der Waals surface area (Å²) < 4.78 is 5.13. The summed E-state index contributed by atoms with van der Waals surface area (Å²) in [6.45, 7) is 0. The zero-order valence-electron chi connectivity index (χ0n) is 9.25. The van der Waals surface area contributed by atoms with Crippen molar-refractivity contribution in [2.75, 3.05) is 12.4 Å². The van der Waals surface area contributed by atoms with E-state index in [9.17, 15) is 4.79 Å². The van der Waals surface area contributed by atoms with E-state index in [2.05, 4.69) is 15.3 Å². The van der Waals surface area contributed by atoms with Gasteiger partial charge in [-0.2, -0.15) is 0 Å². The molecule has 0 unspecified atom stereocenters. The summed E-state index contributed by atoms with van der Waals surface area (Å²) in [5.41, 5.74) is 0.865. The standard InChI is InChI=1S/C12H11N3O2/c1-17-11-5-3-2-4-9(11)15-12(16)10-8-13-6-7-14-10/h2-8H,1H3,(H,15,16). The molecule has 0 saturated carbocycles. The molecule has 0 bridgehead atoms. The Kier molecular flexibility index (Phi) is 3.30. The summed E-state index contributed by atoms with van der Waals surface area (Å²) in [7, 11) is 1.55. The van der Waals surface area contributed by atoms with Crippen molar-refractivity contribution in [3.63, 3.8) is 0 Å². The lowest BCUT2D eigenvalue weighted by molar-refractivity contribution is 0.102. The van der Waals surface area contributed by atoms with Crippen LogP contribution in [0.4, 0.5) is 5.69 Å². The third-order valence-corrected chi connectivity index (χ3v) is 2.15. The average molecular weight is 229 g/mol. The molecule has 2 aromatic rings. The van der Waals surface area contributed by atoms with E-state index in [-0.39, 0.29) is 11.6 Å². The number of hydrogen-bond acceptors (Lipinski definition) is 4. The Hall–Kier alpha value is -2.43. The van der Waals surface area contributed by atoms with Crippen molar-refractivity contribution in [1.82, 2.24) is 9.97 Å². The summed E-state index contributed by atoms with van der Waals surface area (Å²) in [6, 6.07) is 7.17. The molecule has 1 heterocycles. The predicted molar refractivity (Wildman–Crippen MR) is 63.0 cm³/mol. The number of nitrogens with one attached hydrogen (secondary N) is 1. The van der Waals surface area contributed by atoms with Crippen LogP contribution in [-0.2, 0) is 0 Å². The number of carbonyl (C=O) groups excluding carboxylic acids is 1.